The number of para-hydroxylation sites is 2. The minimum absolute atomic E-state index is 0.0212. The Labute approximate surface area is 174 Å². The van der Waals surface area contributed by atoms with Gasteiger partial charge in [0.1, 0.15) is 6.04 Å². The van der Waals surface area contributed by atoms with E-state index in [0.717, 1.165) is 36.0 Å². The maximum Gasteiger partial charge on any atom is 0.253 e. The van der Waals surface area contributed by atoms with Gasteiger partial charge in [-0.05, 0) is 30.5 Å². The fraction of sp³-hybridized carbons (Fsp3) is 0.348. The lowest BCUT2D eigenvalue weighted by atomic mass is 10.1. The monoisotopic (exact) mass is 404 g/mol. The molecule has 2 atom stereocenters. The molecule has 0 bridgehead atoms. The molecule has 0 radical (unpaired) electrons. The van der Waals surface area contributed by atoms with Crippen LogP contribution >= 0.6 is 0 Å². The van der Waals surface area contributed by atoms with Crippen LogP contribution in [0.4, 0.5) is 5.95 Å². The highest BCUT2D eigenvalue weighted by atomic mass is 16.5. The molecule has 5 rings (SSSR count). The second kappa shape index (κ2) is 7.91. The fourth-order valence-corrected chi connectivity index (χ4v) is 4.30. The lowest BCUT2D eigenvalue weighted by Gasteiger charge is -2.19. The summed E-state index contributed by atoms with van der Waals surface area (Å²) in [5.41, 5.74) is 2.72. The molecule has 0 saturated carbocycles. The van der Waals surface area contributed by atoms with Gasteiger partial charge in [-0.3, -0.25) is 19.1 Å². The number of imidazole rings is 1. The van der Waals surface area contributed by atoms with Crippen molar-refractivity contribution in [1.82, 2.24) is 14.9 Å². The molecule has 1 aromatic heterocycles. The molecule has 2 amide bonds. The molecule has 0 aliphatic carbocycles. The van der Waals surface area contributed by atoms with Crippen LogP contribution in [0.1, 0.15) is 30.9 Å². The third-order valence-corrected chi connectivity index (χ3v) is 5.80. The Morgan fingerprint density at radius 1 is 1.13 bits per heavy atom. The quantitative estimate of drug-likeness (QED) is 0.685. The number of fused-ring (bicyclic) bond motifs is 3. The van der Waals surface area contributed by atoms with Gasteiger partial charge in [0.2, 0.25) is 11.9 Å². The highest BCUT2D eigenvalue weighted by molar-refractivity contribution is 6.03. The van der Waals surface area contributed by atoms with Crippen molar-refractivity contribution < 1.29 is 14.3 Å². The predicted octanol–water partition coefficient (Wildman–Crippen LogP) is 2.81. The van der Waals surface area contributed by atoms with Gasteiger partial charge in [0.05, 0.1) is 30.1 Å². The van der Waals surface area contributed by atoms with Gasteiger partial charge in [-0.1, -0.05) is 42.5 Å². The van der Waals surface area contributed by atoms with Crippen molar-refractivity contribution in [3.63, 3.8) is 0 Å². The number of amides is 2. The van der Waals surface area contributed by atoms with E-state index in [2.05, 4.69) is 5.32 Å². The molecule has 1 saturated heterocycles. The Balaban J connectivity index is 1.39. The van der Waals surface area contributed by atoms with Crippen LogP contribution in [0.2, 0.25) is 0 Å². The summed E-state index contributed by atoms with van der Waals surface area (Å²) in [5, 5.41) is 2.94. The number of nitrogens with zero attached hydrogens (tertiary/aromatic N) is 3. The molecule has 7 heteroatoms. The van der Waals surface area contributed by atoms with Crippen LogP contribution in [-0.2, 0) is 20.9 Å². The molecule has 2 aliphatic heterocycles. The van der Waals surface area contributed by atoms with Crippen molar-refractivity contribution in [3.05, 3.63) is 60.2 Å². The molecule has 2 aliphatic rings. The number of benzene rings is 2. The van der Waals surface area contributed by atoms with Gasteiger partial charge in [-0.25, -0.2) is 4.98 Å². The summed E-state index contributed by atoms with van der Waals surface area (Å²) in [5.74, 6) is 0.367. The van der Waals surface area contributed by atoms with Crippen molar-refractivity contribution in [2.45, 2.75) is 38.0 Å². The number of hydrogen-bond donors (Lipinski definition) is 1. The third kappa shape index (κ3) is 3.45. The largest absolute Gasteiger partial charge is 0.376 e. The summed E-state index contributed by atoms with van der Waals surface area (Å²) in [7, 11) is 0. The number of aromatic nitrogens is 2. The van der Waals surface area contributed by atoms with E-state index in [1.165, 1.54) is 0 Å². The van der Waals surface area contributed by atoms with Gasteiger partial charge in [0, 0.05) is 13.2 Å². The number of hydrogen-bond acceptors (Lipinski definition) is 4. The van der Waals surface area contributed by atoms with Gasteiger partial charge in [-0.2, -0.15) is 0 Å². The summed E-state index contributed by atoms with van der Waals surface area (Å²) >= 11 is 0. The van der Waals surface area contributed by atoms with Gasteiger partial charge in [0.15, 0.2) is 0 Å². The summed E-state index contributed by atoms with van der Waals surface area (Å²) in [6.45, 7) is 1.65. The Hall–Kier alpha value is -3.19. The van der Waals surface area contributed by atoms with E-state index in [0.29, 0.717) is 19.0 Å². The van der Waals surface area contributed by atoms with Crippen LogP contribution in [0, 0.1) is 0 Å². The lowest BCUT2D eigenvalue weighted by molar-refractivity contribution is -0.127. The third-order valence-electron chi connectivity index (χ3n) is 5.80. The SMILES string of the molecule is O=C(C[C@@H]1C(=O)N(C[C@H]2CCCO2)c2nc3ccccc3n21)NCc1ccccc1. The normalized spacial score (nSPS) is 20.7. The maximum atomic E-state index is 13.3. The molecule has 154 valence electrons. The van der Waals surface area contributed by atoms with Gasteiger partial charge in [-0.15, -0.1) is 0 Å². The van der Waals surface area contributed by atoms with E-state index in [1.54, 1.807) is 4.90 Å². The summed E-state index contributed by atoms with van der Waals surface area (Å²) in [4.78, 5) is 32.4. The smallest absolute Gasteiger partial charge is 0.253 e. The molecule has 1 fully saturated rings. The van der Waals surface area contributed by atoms with Gasteiger partial charge < -0.3 is 10.1 Å². The van der Waals surface area contributed by atoms with Crippen LogP contribution in [0.15, 0.2) is 54.6 Å². The number of anilines is 1. The number of nitrogens with one attached hydrogen (secondary N) is 1. The number of carbonyl (C=O) groups is 2. The molecule has 3 aromatic rings. The van der Waals surface area contributed by atoms with E-state index in [4.69, 9.17) is 9.72 Å². The second-order valence-corrected chi connectivity index (χ2v) is 7.84. The Morgan fingerprint density at radius 3 is 2.73 bits per heavy atom. The molecule has 2 aromatic carbocycles. The minimum Gasteiger partial charge on any atom is -0.376 e. The molecule has 1 N–H and O–H groups in total. The first-order valence-corrected chi connectivity index (χ1v) is 10.4. The van der Waals surface area contributed by atoms with Crippen LogP contribution < -0.4 is 10.2 Å². The van der Waals surface area contributed by atoms with Crippen LogP contribution in [0.5, 0.6) is 0 Å². The van der Waals surface area contributed by atoms with Crippen molar-refractivity contribution in [1.29, 1.82) is 0 Å². The first-order valence-electron chi connectivity index (χ1n) is 10.4. The molecular formula is C23H24N4O3. The lowest BCUT2D eigenvalue weighted by Crippen LogP contribution is -2.37. The van der Waals surface area contributed by atoms with Crippen LogP contribution in [0.3, 0.4) is 0 Å². The van der Waals surface area contributed by atoms with Crippen LogP contribution in [-0.4, -0.2) is 40.6 Å². The minimum atomic E-state index is -0.593. The zero-order valence-electron chi connectivity index (χ0n) is 16.7. The molecular weight excluding hydrogens is 380 g/mol. The van der Waals surface area contributed by atoms with Crippen molar-refractivity contribution >= 4 is 28.8 Å². The first kappa shape index (κ1) is 18.8. The Kier molecular flexibility index (Phi) is 4.96. The zero-order chi connectivity index (χ0) is 20.5. The number of rotatable bonds is 6. The number of carbonyl (C=O) groups excluding carboxylic acids is 2. The predicted molar refractivity (Wildman–Crippen MR) is 113 cm³/mol. The van der Waals surface area contributed by atoms with Crippen molar-refractivity contribution in [3.8, 4) is 0 Å². The second-order valence-electron chi connectivity index (χ2n) is 7.84. The zero-order valence-corrected chi connectivity index (χ0v) is 16.7. The summed E-state index contributed by atoms with van der Waals surface area (Å²) in [6, 6.07) is 16.9. The van der Waals surface area contributed by atoms with Crippen LogP contribution in [0.25, 0.3) is 11.0 Å². The molecule has 7 nitrogen and oxygen atoms in total. The van der Waals surface area contributed by atoms with E-state index in [9.17, 15) is 9.59 Å². The summed E-state index contributed by atoms with van der Waals surface area (Å²) < 4.78 is 7.66. The Bertz CT molecular complexity index is 1070. The fourth-order valence-electron chi connectivity index (χ4n) is 4.30. The van der Waals surface area contributed by atoms with Crippen molar-refractivity contribution in [2.75, 3.05) is 18.1 Å². The summed E-state index contributed by atoms with van der Waals surface area (Å²) in [6.07, 6.45) is 2.05. The molecule has 30 heavy (non-hydrogen) atoms. The van der Waals surface area contributed by atoms with E-state index < -0.39 is 6.04 Å². The maximum absolute atomic E-state index is 13.3. The van der Waals surface area contributed by atoms with E-state index in [-0.39, 0.29) is 24.3 Å². The van der Waals surface area contributed by atoms with Gasteiger partial charge >= 0.3 is 0 Å². The molecule has 0 spiro atoms. The van der Waals surface area contributed by atoms with Gasteiger partial charge in [0.25, 0.3) is 5.91 Å². The van der Waals surface area contributed by atoms with E-state index in [1.807, 2.05) is 59.2 Å². The van der Waals surface area contributed by atoms with Crippen molar-refractivity contribution in [2.24, 2.45) is 0 Å². The first-order chi connectivity index (χ1) is 14.7. The highest BCUT2D eigenvalue weighted by Crippen LogP contribution is 2.37. The standard InChI is InChI=1S/C23H24N4O3/c28-21(24-14-16-7-2-1-3-8-16)13-20-22(29)26(15-17-9-6-12-30-17)23-25-18-10-4-5-11-19(18)27(20)23/h1-5,7-8,10-11,17,20H,6,9,12-15H2,(H,24,28)/t17-,20-/m1/s1. The topological polar surface area (TPSA) is 76.5 Å². The number of ether oxygens (including phenoxy) is 1. The molecule has 3 heterocycles. The average molecular weight is 404 g/mol. The van der Waals surface area contributed by atoms with E-state index >= 15 is 0 Å². The highest BCUT2D eigenvalue weighted by Gasteiger charge is 2.42. The molecule has 0 unspecified atom stereocenters. The average Bonchev–Trinajstić information content (AvgIpc) is 3.47. The Morgan fingerprint density at radius 2 is 1.93 bits per heavy atom.